The zero-order valence-corrected chi connectivity index (χ0v) is 33.7. The zero-order valence-electron chi connectivity index (χ0n) is 30.4. The van der Waals surface area contributed by atoms with Crippen molar-refractivity contribution in [3.63, 3.8) is 0 Å². The molecular formula is C40H29BrF6N10S2. The van der Waals surface area contributed by atoms with Gasteiger partial charge < -0.3 is 21.2 Å². The van der Waals surface area contributed by atoms with Crippen LogP contribution >= 0.6 is 39.5 Å². The number of aliphatic imine (C=N–C) groups is 2. The smallest absolute Gasteiger partial charge is 0.288 e. The van der Waals surface area contributed by atoms with Crippen molar-refractivity contribution < 1.29 is 26.3 Å². The van der Waals surface area contributed by atoms with Gasteiger partial charge in [-0.2, -0.15) is 0 Å². The average Bonchev–Trinajstić information content (AvgIpc) is 4.18. The number of fused-ring (bicyclic) bond motifs is 2. The summed E-state index contributed by atoms with van der Waals surface area (Å²) in [6.45, 7) is 10.1. The van der Waals surface area contributed by atoms with Gasteiger partial charge in [0.05, 0.1) is 21.9 Å². The molecule has 59 heavy (non-hydrogen) atoms. The predicted octanol–water partition coefficient (Wildman–Crippen LogP) is 8.07. The van der Waals surface area contributed by atoms with Crippen LogP contribution in [0.5, 0.6) is 0 Å². The summed E-state index contributed by atoms with van der Waals surface area (Å²) in [5.41, 5.74) is 9.81. The van der Waals surface area contributed by atoms with Gasteiger partial charge in [0.25, 0.3) is 11.6 Å². The van der Waals surface area contributed by atoms with E-state index in [-0.39, 0.29) is 27.3 Å². The molecule has 2 aromatic carbocycles. The zero-order chi connectivity index (χ0) is 42.6. The summed E-state index contributed by atoms with van der Waals surface area (Å²) in [7, 11) is 0. The highest BCUT2D eigenvalue weighted by Crippen LogP contribution is 2.67. The van der Waals surface area contributed by atoms with Crippen LogP contribution in [-0.2, 0) is 11.1 Å². The SMILES string of the molecule is C#Cc1ccc(F)c([C@@]2(CF)N=C(N)S[C@@]3(CF)C[C@H]32)c1.[C-]#[N+]c1cnc(Br)cn1.[C-]#[N+]c1cnc(C#Cc2ccc(F)c([C@@]3(CF)N=C(N)S[C@@]4(CF)C[C@H]43)c2)cn1. The molecule has 2 aliphatic heterocycles. The van der Waals surface area contributed by atoms with E-state index in [1.807, 2.05) is 0 Å². The van der Waals surface area contributed by atoms with Crippen molar-refractivity contribution in [3.8, 4) is 24.2 Å². The van der Waals surface area contributed by atoms with Gasteiger partial charge in [-0.15, -0.1) is 16.4 Å². The molecule has 0 unspecified atom stereocenters. The van der Waals surface area contributed by atoms with Gasteiger partial charge in [0.1, 0.15) is 54.0 Å². The molecule has 0 saturated heterocycles. The lowest BCUT2D eigenvalue weighted by molar-refractivity contribution is 0.257. The Labute approximate surface area is 352 Å². The molecule has 0 spiro atoms. The fourth-order valence-electron chi connectivity index (χ4n) is 7.08. The largest absolute Gasteiger partial charge is 0.378 e. The average molecular weight is 908 g/mol. The van der Waals surface area contributed by atoms with E-state index in [1.165, 1.54) is 61.2 Å². The van der Waals surface area contributed by atoms with Crippen LogP contribution < -0.4 is 11.5 Å². The van der Waals surface area contributed by atoms with E-state index in [0.29, 0.717) is 40.1 Å². The molecule has 4 aliphatic rings. The maximum absolute atomic E-state index is 14.7. The van der Waals surface area contributed by atoms with Crippen molar-refractivity contribution in [1.29, 1.82) is 0 Å². The summed E-state index contributed by atoms with van der Waals surface area (Å²) in [4.78, 5) is 30.0. The Hall–Kier alpha value is -5.60. The van der Waals surface area contributed by atoms with Crippen molar-refractivity contribution >= 4 is 61.4 Å². The third-order valence-electron chi connectivity index (χ3n) is 10.1. The molecule has 4 N–H and O–H groups in total. The molecule has 4 aromatic rings. The number of thioether (sulfide) groups is 2. The van der Waals surface area contributed by atoms with Crippen LogP contribution in [0.1, 0.15) is 40.8 Å². The van der Waals surface area contributed by atoms with Gasteiger partial charge in [0, 0.05) is 34.1 Å². The minimum atomic E-state index is -1.56. The Bertz CT molecular complexity index is 2520. The monoisotopic (exact) mass is 906 g/mol. The van der Waals surface area contributed by atoms with Crippen LogP contribution in [0.2, 0.25) is 0 Å². The van der Waals surface area contributed by atoms with Crippen LogP contribution in [0.3, 0.4) is 0 Å². The summed E-state index contributed by atoms with van der Waals surface area (Å²) in [6, 6.07) is 8.11. The van der Waals surface area contributed by atoms with E-state index in [2.05, 4.69) is 73.3 Å². The molecule has 0 bridgehead atoms. The molecule has 8 rings (SSSR count). The van der Waals surface area contributed by atoms with Gasteiger partial charge in [0.2, 0.25) is 0 Å². The Balaban J connectivity index is 0.000000169. The van der Waals surface area contributed by atoms with Gasteiger partial charge in [-0.3, -0.25) is 9.97 Å². The van der Waals surface area contributed by atoms with Crippen molar-refractivity contribution in [2.24, 2.45) is 33.3 Å². The van der Waals surface area contributed by atoms with Gasteiger partial charge in [0.15, 0.2) is 28.4 Å². The van der Waals surface area contributed by atoms with E-state index in [0.717, 1.165) is 23.5 Å². The second-order valence-electron chi connectivity index (χ2n) is 13.6. The van der Waals surface area contributed by atoms with Crippen molar-refractivity contribution in [1.82, 2.24) is 19.9 Å². The first-order valence-corrected chi connectivity index (χ1v) is 19.7. The van der Waals surface area contributed by atoms with Crippen LogP contribution in [0.15, 0.2) is 75.8 Å². The summed E-state index contributed by atoms with van der Waals surface area (Å²) in [5.74, 6) is 6.32. The highest BCUT2D eigenvalue weighted by molar-refractivity contribution is 9.10. The third kappa shape index (κ3) is 8.46. The number of rotatable bonds is 6. The van der Waals surface area contributed by atoms with E-state index < -0.39 is 70.7 Å². The van der Waals surface area contributed by atoms with Crippen LogP contribution in [0.4, 0.5) is 38.0 Å². The molecule has 10 nitrogen and oxygen atoms in total. The van der Waals surface area contributed by atoms with Gasteiger partial charge in [-0.1, -0.05) is 48.5 Å². The summed E-state index contributed by atoms with van der Waals surface area (Å²) < 4.78 is 83.1. The molecule has 300 valence electrons. The first kappa shape index (κ1) is 43.0. The van der Waals surface area contributed by atoms with E-state index >= 15 is 0 Å². The fourth-order valence-corrected chi connectivity index (χ4v) is 9.82. The molecule has 0 radical (unpaired) electrons. The van der Waals surface area contributed by atoms with Gasteiger partial charge in [-0.25, -0.2) is 36.3 Å². The summed E-state index contributed by atoms with van der Waals surface area (Å²) >= 11 is 5.31. The lowest BCUT2D eigenvalue weighted by atomic mass is 9.84. The minimum absolute atomic E-state index is 0.0183. The fraction of sp³-hybridized carbons (Fsp3) is 0.300. The van der Waals surface area contributed by atoms with E-state index in [4.69, 9.17) is 31.0 Å². The maximum Gasteiger partial charge on any atom is 0.288 e. The Kier molecular flexibility index (Phi) is 12.6. The molecule has 2 aromatic heterocycles. The first-order chi connectivity index (χ1) is 28.3. The van der Waals surface area contributed by atoms with Crippen molar-refractivity contribution in [3.05, 3.63) is 128 Å². The van der Waals surface area contributed by atoms with Crippen LogP contribution in [0, 0.1) is 60.8 Å². The predicted molar refractivity (Wildman–Crippen MR) is 218 cm³/mol. The molecule has 6 atom stereocenters. The number of hydrogen-bond donors (Lipinski definition) is 2. The highest BCUT2D eigenvalue weighted by Gasteiger charge is 2.69. The van der Waals surface area contributed by atoms with Crippen LogP contribution in [0.25, 0.3) is 9.69 Å². The second-order valence-corrected chi connectivity index (χ2v) is 17.3. The lowest BCUT2D eigenvalue weighted by Gasteiger charge is -2.34. The van der Waals surface area contributed by atoms with Crippen molar-refractivity contribution in [2.45, 2.75) is 33.4 Å². The number of aromatic nitrogens is 4. The normalized spacial score (nSPS) is 26.6. The van der Waals surface area contributed by atoms with Gasteiger partial charge >= 0.3 is 0 Å². The highest BCUT2D eigenvalue weighted by atomic mass is 79.9. The molecule has 19 heteroatoms. The first-order valence-electron chi connectivity index (χ1n) is 17.3. The summed E-state index contributed by atoms with van der Waals surface area (Å²) in [5, 5.41) is 0.143. The van der Waals surface area contributed by atoms with E-state index in [9.17, 15) is 26.3 Å². The molecule has 0 amide bonds. The quantitative estimate of drug-likeness (QED) is 0.113. The number of halogens is 7. The number of hydrogen-bond acceptors (Lipinski definition) is 10. The number of terminal acetylenes is 1. The summed E-state index contributed by atoms with van der Waals surface area (Å²) in [6.07, 6.45) is 11.7. The number of nitrogens with zero attached hydrogens (tertiary/aromatic N) is 8. The Morgan fingerprint density at radius 2 is 1.20 bits per heavy atom. The Morgan fingerprint density at radius 3 is 1.63 bits per heavy atom. The molecule has 2 fully saturated rings. The molecular weight excluding hydrogens is 879 g/mol. The van der Waals surface area contributed by atoms with E-state index in [1.54, 1.807) is 0 Å². The standard InChI is InChI=1S/C20H14F3N5S.C15H13F3N2S.C5H2BrN3/c1-25-17-9-26-13(8-27-17)4-2-12-3-5-15(23)14(6-12)20(11-22)16-7-19(16,10-21)29-18(24)28-20;1-2-9-3-4-11(18)10(5-9)15(8-17)12-6-14(12,7-16)21-13(19)20-15;1-7-5-3-8-4(6)2-9-5/h3,5-6,8-9,16H,7,10-11H2,(H2,24,28);1,3-5,12H,6-8H2,(H2,19,20);2-3H/t16-,19-,20-;12-,14-,15-;/m11./s1. The maximum atomic E-state index is 14.7. The number of alkyl halides is 4. The topological polar surface area (TPSA) is 137 Å². The lowest BCUT2D eigenvalue weighted by Crippen LogP contribution is -2.40. The second kappa shape index (κ2) is 17.3. The number of benzene rings is 2. The third-order valence-corrected chi connectivity index (χ3v) is 13.1. The Morgan fingerprint density at radius 1 is 0.712 bits per heavy atom. The van der Waals surface area contributed by atoms with Crippen molar-refractivity contribution in [2.75, 3.05) is 26.7 Å². The minimum Gasteiger partial charge on any atom is -0.378 e. The number of nitrogens with two attached hydrogens (primary N) is 2. The molecule has 2 saturated carbocycles. The molecule has 2 aliphatic carbocycles. The number of amidine groups is 2. The van der Waals surface area contributed by atoms with Gasteiger partial charge in [-0.05, 0) is 71.1 Å². The molecule has 4 heterocycles. The van der Waals surface area contributed by atoms with Crippen LogP contribution in [-0.4, -0.2) is 66.5 Å².